The quantitative estimate of drug-likeness (QED) is 0.329. The summed E-state index contributed by atoms with van der Waals surface area (Å²) in [6, 6.07) is 0. The molecule has 0 aliphatic rings. The Morgan fingerprint density at radius 1 is 1.00 bits per heavy atom. The summed E-state index contributed by atoms with van der Waals surface area (Å²) in [5.74, 6) is 0. The van der Waals surface area contributed by atoms with E-state index in [9.17, 15) is 13.2 Å². The Kier molecular flexibility index (Phi) is 9.69. The van der Waals surface area contributed by atoms with Crippen molar-refractivity contribution in [1.82, 2.24) is 0 Å². The van der Waals surface area contributed by atoms with E-state index in [1.165, 1.54) is 0 Å². The van der Waals surface area contributed by atoms with Gasteiger partial charge in [-0.1, -0.05) is 12.8 Å². The third kappa shape index (κ3) is 13.7. The Morgan fingerprint density at radius 2 is 1.55 bits per heavy atom. The number of rotatable bonds is 4. The smallest absolute Gasteiger partial charge is 0.343 e. The first kappa shape index (κ1) is 14.3. The van der Waals surface area contributed by atoms with Gasteiger partial charge >= 0.3 is 35.7 Å². The van der Waals surface area contributed by atoms with Crippen LogP contribution in [0.4, 0.5) is 13.2 Å². The van der Waals surface area contributed by atoms with Gasteiger partial charge in [0, 0.05) is 6.42 Å². The van der Waals surface area contributed by atoms with Crippen molar-refractivity contribution in [3.05, 3.63) is 6.92 Å². The van der Waals surface area contributed by atoms with E-state index in [2.05, 4.69) is 6.92 Å². The molecule has 0 unspecified atom stereocenters. The van der Waals surface area contributed by atoms with Crippen molar-refractivity contribution >= 4 is 0 Å². The molecule has 0 aromatic heterocycles. The standard InChI is InChI=1S/C7H12F3.Na/c1-2-3-4-5-6-7(8,9)10;/h1-6H2;/q-1;+1. The summed E-state index contributed by atoms with van der Waals surface area (Å²) in [4.78, 5) is 0. The molecule has 0 aliphatic carbocycles. The van der Waals surface area contributed by atoms with Crippen LogP contribution in [0, 0.1) is 6.92 Å². The fraction of sp³-hybridized carbons (Fsp3) is 0.857. The number of unbranched alkanes of at least 4 members (excludes halogenated alkanes) is 3. The van der Waals surface area contributed by atoms with Crippen LogP contribution in [0.5, 0.6) is 0 Å². The first-order valence-electron chi connectivity index (χ1n) is 3.42. The van der Waals surface area contributed by atoms with Crippen LogP contribution >= 0.6 is 0 Å². The van der Waals surface area contributed by atoms with E-state index in [4.69, 9.17) is 0 Å². The van der Waals surface area contributed by atoms with Crippen molar-refractivity contribution in [2.45, 2.75) is 38.3 Å². The first-order chi connectivity index (χ1) is 4.56. The van der Waals surface area contributed by atoms with E-state index in [0.29, 0.717) is 6.42 Å². The molecular formula is C7H12F3Na. The van der Waals surface area contributed by atoms with Gasteiger partial charge in [0.05, 0.1) is 0 Å². The van der Waals surface area contributed by atoms with Gasteiger partial charge in [-0.25, -0.2) is 0 Å². The van der Waals surface area contributed by atoms with Crippen LogP contribution in [0.1, 0.15) is 32.1 Å². The molecule has 0 aliphatic heterocycles. The van der Waals surface area contributed by atoms with Gasteiger partial charge in [-0.2, -0.15) is 19.6 Å². The molecule has 62 valence electrons. The van der Waals surface area contributed by atoms with Gasteiger partial charge in [0.1, 0.15) is 0 Å². The van der Waals surface area contributed by atoms with Crippen LogP contribution in [-0.4, -0.2) is 6.18 Å². The zero-order chi connectivity index (χ0) is 8.04. The molecule has 0 aromatic carbocycles. The largest absolute Gasteiger partial charge is 1.00 e. The molecule has 0 aromatic rings. The topological polar surface area (TPSA) is 0 Å². The molecule has 4 heteroatoms. The molecular weight excluding hydrogens is 164 g/mol. The molecule has 0 atom stereocenters. The second-order valence-electron chi connectivity index (χ2n) is 2.28. The summed E-state index contributed by atoms with van der Waals surface area (Å²) < 4.78 is 34.4. The van der Waals surface area contributed by atoms with E-state index >= 15 is 0 Å². The molecule has 0 radical (unpaired) electrons. The van der Waals surface area contributed by atoms with E-state index < -0.39 is 12.6 Å². The molecule has 0 saturated carbocycles. The third-order valence-corrected chi connectivity index (χ3v) is 1.21. The van der Waals surface area contributed by atoms with E-state index in [-0.39, 0.29) is 36.0 Å². The van der Waals surface area contributed by atoms with Gasteiger partial charge in [0.15, 0.2) is 0 Å². The predicted octanol–water partition coefficient (Wildman–Crippen LogP) is 0.337. The summed E-state index contributed by atoms with van der Waals surface area (Å²) in [5.41, 5.74) is 0. The Hall–Kier alpha value is 0.790. The van der Waals surface area contributed by atoms with Crippen LogP contribution in [0.25, 0.3) is 0 Å². The number of halogens is 3. The average Bonchev–Trinajstić information content (AvgIpc) is 1.78. The maximum Gasteiger partial charge on any atom is 1.00 e. The summed E-state index contributed by atoms with van der Waals surface area (Å²) in [6.45, 7) is 3.54. The Bertz CT molecular complexity index is 80.2. The molecule has 0 amide bonds. The van der Waals surface area contributed by atoms with Gasteiger partial charge in [-0.15, -0.1) is 0 Å². The molecule has 0 spiro atoms. The normalized spacial score (nSPS) is 10.9. The molecule has 0 heterocycles. The fourth-order valence-electron chi connectivity index (χ4n) is 0.679. The first-order valence-corrected chi connectivity index (χ1v) is 3.42. The van der Waals surface area contributed by atoms with Crippen LogP contribution < -0.4 is 29.6 Å². The van der Waals surface area contributed by atoms with Crippen molar-refractivity contribution < 1.29 is 42.7 Å². The molecule has 0 bridgehead atoms. The number of hydrogen-bond acceptors (Lipinski definition) is 0. The Morgan fingerprint density at radius 3 is 1.91 bits per heavy atom. The molecule has 11 heavy (non-hydrogen) atoms. The molecule has 0 nitrogen and oxygen atoms in total. The monoisotopic (exact) mass is 176 g/mol. The van der Waals surface area contributed by atoms with Gasteiger partial charge < -0.3 is 6.92 Å². The number of hydrogen-bond donors (Lipinski definition) is 0. The third-order valence-electron chi connectivity index (χ3n) is 1.21. The minimum absolute atomic E-state index is 0. The predicted molar refractivity (Wildman–Crippen MR) is 34.5 cm³/mol. The zero-order valence-electron chi connectivity index (χ0n) is 6.88. The van der Waals surface area contributed by atoms with E-state index in [1.54, 1.807) is 0 Å². The average molecular weight is 176 g/mol. The summed E-state index contributed by atoms with van der Waals surface area (Å²) >= 11 is 0. The van der Waals surface area contributed by atoms with Gasteiger partial charge in [0.25, 0.3) is 0 Å². The molecule has 0 rings (SSSR count). The zero-order valence-corrected chi connectivity index (χ0v) is 8.88. The summed E-state index contributed by atoms with van der Waals surface area (Å²) in [7, 11) is 0. The number of alkyl halides is 3. The molecule has 0 saturated heterocycles. The van der Waals surface area contributed by atoms with Crippen LogP contribution in [0.15, 0.2) is 0 Å². The van der Waals surface area contributed by atoms with E-state index in [1.807, 2.05) is 0 Å². The minimum Gasteiger partial charge on any atom is -0.343 e. The Labute approximate surface area is 87.8 Å². The second kappa shape index (κ2) is 7.44. The van der Waals surface area contributed by atoms with Crippen molar-refractivity contribution in [2.75, 3.05) is 0 Å². The van der Waals surface area contributed by atoms with Crippen LogP contribution in [-0.2, 0) is 0 Å². The fourth-order valence-corrected chi connectivity index (χ4v) is 0.679. The van der Waals surface area contributed by atoms with Gasteiger partial charge in [-0.05, 0) is 6.42 Å². The maximum absolute atomic E-state index is 11.5. The molecule has 0 N–H and O–H groups in total. The van der Waals surface area contributed by atoms with Crippen molar-refractivity contribution in [2.24, 2.45) is 0 Å². The van der Waals surface area contributed by atoms with Gasteiger partial charge in [-0.3, -0.25) is 0 Å². The molecule has 0 fully saturated rings. The van der Waals surface area contributed by atoms with E-state index in [0.717, 1.165) is 12.8 Å². The summed E-state index contributed by atoms with van der Waals surface area (Å²) in [5, 5.41) is 0. The van der Waals surface area contributed by atoms with Crippen LogP contribution in [0.2, 0.25) is 0 Å². The van der Waals surface area contributed by atoms with Crippen molar-refractivity contribution in [3.63, 3.8) is 0 Å². The summed E-state index contributed by atoms with van der Waals surface area (Å²) in [6.07, 6.45) is -2.19. The second-order valence-corrected chi connectivity index (χ2v) is 2.28. The van der Waals surface area contributed by atoms with Crippen LogP contribution in [0.3, 0.4) is 0 Å². The minimum atomic E-state index is -3.97. The van der Waals surface area contributed by atoms with Gasteiger partial charge in [0.2, 0.25) is 0 Å². The van der Waals surface area contributed by atoms with Crippen molar-refractivity contribution in [3.8, 4) is 0 Å². The Balaban J connectivity index is 0. The van der Waals surface area contributed by atoms with Crippen molar-refractivity contribution in [1.29, 1.82) is 0 Å². The SMILES string of the molecule is [CH2-]CCCCCC(F)(F)F.[Na+]. The maximum atomic E-state index is 11.5.